The number of hydrogen-bond donors (Lipinski definition) is 1. The van der Waals surface area contributed by atoms with Crippen LogP contribution in [0.3, 0.4) is 0 Å². The van der Waals surface area contributed by atoms with Gasteiger partial charge in [-0.3, -0.25) is 0 Å². The molecule has 4 nitrogen and oxygen atoms in total. The van der Waals surface area contributed by atoms with Crippen molar-refractivity contribution in [3.63, 3.8) is 0 Å². The van der Waals surface area contributed by atoms with Gasteiger partial charge in [0.05, 0.1) is 12.7 Å². The van der Waals surface area contributed by atoms with Gasteiger partial charge in [-0.25, -0.2) is 4.79 Å². The highest BCUT2D eigenvalue weighted by atomic mass is 16.5. The lowest BCUT2D eigenvalue weighted by atomic mass is 9.98. The van der Waals surface area contributed by atoms with E-state index in [1.165, 1.54) is 7.11 Å². The lowest BCUT2D eigenvalue weighted by Crippen LogP contribution is -2.25. The Morgan fingerprint density at radius 1 is 1.60 bits per heavy atom. The van der Waals surface area contributed by atoms with Crippen molar-refractivity contribution < 1.29 is 19.1 Å². The molecule has 0 aliphatic heterocycles. The summed E-state index contributed by atoms with van der Waals surface area (Å²) in [4.78, 5) is 11.1. The summed E-state index contributed by atoms with van der Waals surface area (Å²) >= 11 is 0. The molecule has 0 saturated carbocycles. The van der Waals surface area contributed by atoms with Gasteiger partial charge in [-0.1, -0.05) is 6.92 Å². The predicted octanol–water partition coefficient (Wildman–Crippen LogP) is 1.77. The Balaban J connectivity index is 2.73. The fraction of sp³-hybridized carbons (Fsp3) is 0.545. The molecule has 0 saturated heterocycles. The van der Waals surface area contributed by atoms with E-state index in [0.29, 0.717) is 18.6 Å². The van der Waals surface area contributed by atoms with E-state index in [1.54, 1.807) is 19.1 Å². The zero-order valence-electron chi connectivity index (χ0n) is 9.24. The van der Waals surface area contributed by atoms with Crippen molar-refractivity contribution in [1.82, 2.24) is 0 Å². The molecule has 0 aliphatic rings. The first kappa shape index (κ1) is 11.8. The molecule has 1 heterocycles. The molecule has 1 aromatic heterocycles. The van der Waals surface area contributed by atoms with Gasteiger partial charge >= 0.3 is 5.97 Å². The van der Waals surface area contributed by atoms with Crippen LogP contribution in [0.25, 0.3) is 0 Å². The first-order valence-electron chi connectivity index (χ1n) is 4.88. The molecule has 0 amide bonds. The molecule has 0 bridgehead atoms. The van der Waals surface area contributed by atoms with Crippen molar-refractivity contribution in [2.45, 2.75) is 32.3 Å². The Morgan fingerprint density at radius 2 is 2.27 bits per heavy atom. The minimum Gasteiger partial charge on any atom is -0.463 e. The monoisotopic (exact) mass is 212 g/mol. The quantitative estimate of drug-likeness (QED) is 0.773. The van der Waals surface area contributed by atoms with E-state index >= 15 is 0 Å². The zero-order chi connectivity index (χ0) is 11.5. The summed E-state index contributed by atoms with van der Waals surface area (Å²) in [7, 11) is 1.30. The van der Waals surface area contributed by atoms with Crippen LogP contribution in [0.4, 0.5) is 0 Å². The second-order valence-electron chi connectivity index (χ2n) is 3.78. The van der Waals surface area contributed by atoms with Gasteiger partial charge in [-0.05, 0) is 25.5 Å². The molecule has 1 aromatic rings. The van der Waals surface area contributed by atoms with Gasteiger partial charge in [0.2, 0.25) is 5.76 Å². The highest BCUT2D eigenvalue weighted by Crippen LogP contribution is 2.18. The summed E-state index contributed by atoms with van der Waals surface area (Å²) in [5.41, 5.74) is -0.800. The Morgan fingerprint density at radius 3 is 2.80 bits per heavy atom. The minimum absolute atomic E-state index is 0.166. The van der Waals surface area contributed by atoms with Gasteiger partial charge in [-0.2, -0.15) is 0 Å². The Hall–Kier alpha value is -1.29. The third-order valence-corrected chi connectivity index (χ3v) is 2.36. The van der Waals surface area contributed by atoms with Crippen LogP contribution >= 0.6 is 0 Å². The number of rotatable bonds is 4. The third kappa shape index (κ3) is 3.09. The molecule has 1 rings (SSSR count). The van der Waals surface area contributed by atoms with E-state index in [0.717, 1.165) is 0 Å². The molecule has 84 valence electrons. The van der Waals surface area contributed by atoms with Crippen LogP contribution in [-0.2, 0) is 11.2 Å². The van der Waals surface area contributed by atoms with E-state index in [9.17, 15) is 9.90 Å². The second-order valence-corrected chi connectivity index (χ2v) is 3.78. The van der Waals surface area contributed by atoms with Crippen LogP contribution in [-0.4, -0.2) is 23.8 Å². The van der Waals surface area contributed by atoms with Gasteiger partial charge in [-0.15, -0.1) is 0 Å². The van der Waals surface area contributed by atoms with Gasteiger partial charge in [0, 0.05) is 6.42 Å². The summed E-state index contributed by atoms with van der Waals surface area (Å²) in [6.45, 7) is 3.62. The number of methoxy groups -OCH3 is 1. The fourth-order valence-corrected chi connectivity index (χ4v) is 1.18. The highest BCUT2D eigenvalue weighted by molar-refractivity contribution is 5.86. The van der Waals surface area contributed by atoms with Gasteiger partial charge in [0.25, 0.3) is 0 Å². The molecule has 4 heteroatoms. The predicted molar refractivity (Wildman–Crippen MR) is 54.7 cm³/mol. The second kappa shape index (κ2) is 4.49. The van der Waals surface area contributed by atoms with Gasteiger partial charge in [0.15, 0.2) is 0 Å². The average Bonchev–Trinajstić information content (AvgIpc) is 2.64. The van der Waals surface area contributed by atoms with Crippen molar-refractivity contribution in [1.29, 1.82) is 0 Å². The van der Waals surface area contributed by atoms with Crippen LogP contribution in [0.15, 0.2) is 16.5 Å². The molecular weight excluding hydrogens is 196 g/mol. The smallest absolute Gasteiger partial charge is 0.373 e. The third-order valence-electron chi connectivity index (χ3n) is 2.36. The van der Waals surface area contributed by atoms with Crippen LogP contribution in [0.2, 0.25) is 0 Å². The summed E-state index contributed by atoms with van der Waals surface area (Å²) in [5, 5.41) is 9.81. The largest absolute Gasteiger partial charge is 0.463 e. The standard InChI is InChI=1S/C11H16O4/c1-4-11(2,13)7-8-5-6-9(15-8)10(12)14-3/h5-6,13H,4,7H2,1-3H3. The normalized spacial score (nSPS) is 14.7. The SMILES string of the molecule is CCC(C)(O)Cc1ccc(C(=O)OC)o1. The summed E-state index contributed by atoms with van der Waals surface area (Å²) in [6.07, 6.45) is 1.02. The number of esters is 1. The summed E-state index contributed by atoms with van der Waals surface area (Å²) in [5.74, 6) is 0.249. The van der Waals surface area contributed by atoms with Crippen LogP contribution in [0.1, 0.15) is 36.6 Å². The Labute approximate surface area is 88.8 Å². The minimum atomic E-state index is -0.800. The fourth-order valence-electron chi connectivity index (χ4n) is 1.18. The van der Waals surface area contributed by atoms with Crippen molar-refractivity contribution in [2.24, 2.45) is 0 Å². The maximum absolute atomic E-state index is 11.1. The maximum atomic E-state index is 11.1. The molecule has 1 atom stereocenters. The number of aliphatic hydroxyl groups is 1. The van der Waals surface area contributed by atoms with Crippen molar-refractivity contribution in [3.8, 4) is 0 Å². The number of furan rings is 1. The molecule has 0 aromatic carbocycles. The average molecular weight is 212 g/mol. The lowest BCUT2D eigenvalue weighted by molar-refractivity contribution is 0.0473. The molecule has 15 heavy (non-hydrogen) atoms. The summed E-state index contributed by atoms with van der Waals surface area (Å²) < 4.78 is 9.75. The zero-order valence-corrected chi connectivity index (χ0v) is 9.24. The highest BCUT2D eigenvalue weighted by Gasteiger charge is 2.21. The van der Waals surface area contributed by atoms with E-state index in [2.05, 4.69) is 4.74 Å². The molecule has 0 radical (unpaired) electrons. The number of carbonyl (C=O) groups excluding carboxylic acids is 1. The Bertz CT molecular complexity index is 338. The molecule has 0 aliphatic carbocycles. The lowest BCUT2D eigenvalue weighted by Gasteiger charge is -2.19. The molecule has 1 N–H and O–H groups in total. The molecular formula is C11H16O4. The molecule has 1 unspecified atom stereocenters. The van der Waals surface area contributed by atoms with Crippen LogP contribution < -0.4 is 0 Å². The topological polar surface area (TPSA) is 59.7 Å². The van der Waals surface area contributed by atoms with E-state index in [1.807, 2.05) is 6.92 Å². The van der Waals surface area contributed by atoms with Crippen molar-refractivity contribution in [2.75, 3.05) is 7.11 Å². The maximum Gasteiger partial charge on any atom is 0.373 e. The first-order chi connectivity index (χ1) is 6.98. The van der Waals surface area contributed by atoms with Crippen LogP contribution in [0.5, 0.6) is 0 Å². The number of hydrogen-bond acceptors (Lipinski definition) is 4. The molecule has 0 fully saturated rings. The van der Waals surface area contributed by atoms with Gasteiger partial charge in [0.1, 0.15) is 5.76 Å². The van der Waals surface area contributed by atoms with Gasteiger partial charge < -0.3 is 14.3 Å². The van der Waals surface area contributed by atoms with Crippen molar-refractivity contribution in [3.05, 3.63) is 23.7 Å². The van der Waals surface area contributed by atoms with E-state index < -0.39 is 11.6 Å². The Kier molecular flexibility index (Phi) is 3.52. The van der Waals surface area contributed by atoms with Crippen molar-refractivity contribution >= 4 is 5.97 Å². The summed E-state index contributed by atoms with van der Waals surface area (Å²) in [6, 6.07) is 3.23. The van der Waals surface area contributed by atoms with E-state index in [4.69, 9.17) is 4.42 Å². The number of ether oxygens (including phenoxy) is 1. The number of carbonyl (C=O) groups is 1. The van der Waals surface area contributed by atoms with E-state index in [-0.39, 0.29) is 5.76 Å². The first-order valence-corrected chi connectivity index (χ1v) is 4.88. The molecule has 0 spiro atoms. The van der Waals surface area contributed by atoms with Crippen LogP contribution in [0, 0.1) is 0 Å².